The van der Waals surface area contributed by atoms with E-state index in [1.807, 2.05) is 18.7 Å². The van der Waals surface area contributed by atoms with Gasteiger partial charge in [0.05, 0.1) is 29.4 Å². The summed E-state index contributed by atoms with van der Waals surface area (Å²) < 4.78 is 10.6. The molecule has 2 aliphatic heterocycles. The van der Waals surface area contributed by atoms with Crippen molar-refractivity contribution in [3.05, 3.63) is 33.9 Å². The molecule has 1 aromatic rings. The van der Waals surface area contributed by atoms with E-state index in [1.54, 1.807) is 11.0 Å². The van der Waals surface area contributed by atoms with Crippen molar-refractivity contribution in [1.29, 1.82) is 0 Å². The highest BCUT2D eigenvalue weighted by Crippen LogP contribution is 2.27. The number of nitro benzene ring substituents is 1. The highest BCUT2D eigenvalue weighted by atomic mass is 16.6. The number of carbonyl (C=O) groups excluding carboxylic acids is 2. The van der Waals surface area contributed by atoms with Gasteiger partial charge in [0.25, 0.3) is 11.6 Å². The molecule has 1 amide bonds. The van der Waals surface area contributed by atoms with Crippen LogP contribution < -0.4 is 4.90 Å². The third kappa shape index (κ3) is 4.84. The number of ether oxygens (including phenoxy) is 2. The van der Waals surface area contributed by atoms with E-state index in [2.05, 4.69) is 0 Å². The fraction of sp³-hybridized carbons (Fsp3) is 0.600. The molecule has 1 aromatic carbocycles. The average Bonchev–Trinajstić information content (AvgIpc) is 2.72. The summed E-state index contributed by atoms with van der Waals surface area (Å²) in [4.78, 5) is 39.7. The second-order valence-corrected chi connectivity index (χ2v) is 7.56. The zero-order valence-corrected chi connectivity index (χ0v) is 16.8. The van der Waals surface area contributed by atoms with Crippen molar-refractivity contribution in [2.75, 3.05) is 37.8 Å². The van der Waals surface area contributed by atoms with Gasteiger partial charge in [-0.2, -0.15) is 0 Å². The summed E-state index contributed by atoms with van der Waals surface area (Å²) in [6.45, 7) is 5.76. The molecule has 9 nitrogen and oxygen atoms in total. The first-order chi connectivity index (χ1) is 13.9. The highest BCUT2D eigenvalue weighted by molar-refractivity contribution is 5.97. The Kier molecular flexibility index (Phi) is 6.68. The van der Waals surface area contributed by atoms with Crippen LogP contribution in [0, 0.1) is 10.1 Å². The van der Waals surface area contributed by atoms with E-state index in [1.165, 1.54) is 12.1 Å². The maximum absolute atomic E-state index is 12.8. The van der Waals surface area contributed by atoms with E-state index in [0.29, 0.717) is 32.0 Å². The zero-order chi connectivity index (χ0) is 21.0. The first-order valence-electron chi connectivity index (χ1n) is 9.98. The normalized spacial score (nSPS) is 22.3. The van der Waals surface area contributed by atoms with Crippen molar-refractivity contribution in [2.45, 2.75) is 45.2 Å². The van der Waals surface area contributed by atoms with Crippen LogP contribution in [0.15, 0.2) is 18.2 Å². The van der Waals surface area contributed by atoms with Gasteiger partial charge in [0.1, 0.15) is 0 Å². The standard InChI is InChI=1S/C20H27N3O6/c1-14-4-3-5-15(2)22(14)19(24)13-29-20(25)17-12-16(23(26)27)6-7-18(17)21-8-10-28-11-9-21/h6-7,12,14-15H,3-5,8-11,13H2,1-2H3/t14-,15-/m1/s1. The maximum Gasteiger partial charge on any atom is 0.341 e. The van der Waals surface area contributed by atoms with Crippen LogP contribution in [0.2, 0.25) is 0 Å². The highest BCUT2D eigenvalue weighted by Gasteiger charge is 2.30. The Morgan fingerprint density at radius 3 is 2.48 bits per heavy atom. The summed E-state index contributed by atoms with van der Waals surface area (Å²) in [6.07, 6.45) is 2.93. The minimum Gasteiger partial charge on any atom is -0.452 e. The number of hydrogen-bond donors (Lipinski definition) is 0. The Bertz CT molecular complexity index is 767. The zero-order valence-electron chi connectivity index (χ0n) is 16.8. The maximum atomic E-state index is 12.8. The van der Waals surface area contributed by atoms with Crippen molar-refractivity contribution in [3.63, 3.8) is 0 Å². The molecule has 0 N–H and O–H groups in total. The minimum atomic E-state index is -0.735. The van der Waals surface area contributed by atoms with Crippen molar-refractivity contribution in [1.82, 2.24) is 4.90 Å². The lowest BCUT2D eigenvalue weighted by Gasteiger charge is -2.38. The molecular weight excluding hydrogens is 378 g/mol. The second kappa shape index (κ2) is 9.21. The number of morpholine rings is 1. The molecule has 2 atom stereocenters. The summed E-state index contributed by atoms with van der Waals surface area (Å²) in [5, 5.41) is 11.2. The van der Waals surface area contributed by atoms with E-state index in [9.17, 15) is 19.7 Å². The van der Waals surface area contributed by atoms with Gasteiger partial charge in [0.2, 0.25) is 0 Å². The van der Waals surface area contributed by atoms with Gasteiger partial charge in [0, 0.05) is 37.3 Å². The number of hydrogen-bond acceptors (Lipinski definition) is 7. The van der Waals surface area contributed by atoms with Gasteiger partial charge in [-0.1, -0.05) is 0 Å². The number of carbonyl (C=O) groups is 2. The Balaban J connectivity index is 1.75. The van der Waals surface area contributed by atoms with Crippen molar-refractivity contribution in [2.24, 2.45) is 0 Å². The van der Waals surface area contributed by atoms with Crippen LogP contribution in [0.25, 0.3) is 0 Å². The molecule has 2 heterocycles. The van der Waals surface area contributed by atoms with Crippen LogP contribution in [0.4, 0.5) is 11.4 Å². The van der Waals surface area contributed by atoms with Gasteiger partial charge in [-0.25, -0.2) is 4.79 Å². The van der Waals surface area contributed by atoms with Crippen LogP contribution in [0.1, 0.15) is 43.5 Å². The first kappa shape index (κ1) is 21.0. The van der Waals surface area contributed by atoms with Crippen LogP contribution in [0.5, 0.6) is 0 Å². The molecule has 0 unspecified atom stereocenters. The third-order valence-corrected chi connectivity index (χ3v) is 5.57. The lowest BCUT2D eigenvalue weighted by Crippen LogP contribution is -2.49. The minimum absolute atomic E-state index is 0.0913. The first-order valence-corrected chi connectivity index (χ1v) is 9.98. The summed E-state index contributed by atoms with van der Waals surface area (Å²) >= 11 is 0. The molecule has 158 valence electrons. The van der Waals surface area contributed by atoms with Gasteiger partial charge in [-0.15, -0.1) is 0 Å². The van der Waals surface area contributed by atoms with E-state index in [-0.39, 0.29) is 35.8 Å². The molecule has 0 radical (unpaired) electrons. The Hall–Kier alpha value is -2.68. The molecule has 2 fully saturated rings. The predicted molar refractivity (Wildman–Crippen MR) is 106 cm³/mol. The monoisotopic (exact) mass is 405 g/mol. The Labute approximate surface area is 169 Å². The second-order valence-electron chi connectivity index (χ2n) is 7.56. The summed E-state index contributed by atoms with van der Waals surface area (Å²) in [5.41, 5.74) is 0.447. The molecule has 9 heteroatoms. The number of nitro groups is 1. The van der Waals surface area contributed by atoms with E-state index in [4.69, 9.17) is 9.47 Å². The molecule has 0 aromatic heterocycles. The fourth-order valence-corrected chi connectivity index (χ4v) is 4.07. The summed E-state index contributed by atoms with van der Waals surface area (Å²) in [7, 11) is 0. The van der Waals surface area contributed by atoms with Crippen LogP contribution in [-0.2, 0) is 14.3 Å². The largest absolute Gasteiger partial charge is 0.452 e. The molecule has 2 aliphatic rings. The lowest BCUT2D eigenvalue weighted by molar-refractivity contribution is -0.384. The quantitative estimate of drug-likeness (QED) is 0.421. The number of esters is 1. The molecular formula is C20H27N3O6. The van der Waals surface area contributed by atoms with Crippen molar-refractivity contribution < 1.29 is 24.0 Å². The summed E-state index contributed by atoms with van der Waals surface area (Å²) in [6, 6.07) is 4.34. The molecule has 3 rings (SSSR count). The van der Waals surface area contributed by atoms with Crippen LogP contribution in [0.3, 0.4) is 0 Å². The van der Waals surface area contributed by atoms with Crippen LogP contribution >= 0.6 is 0 Å². The number of rotatable bonds is 5. The van der Waals surface area contributed by atoms with E-state index < -0.39 is 10.9 Å². The number of likely N-dealkylation sites (tertiary alicyclic amines) is 1. The van der Waals surface area contributed by atoms with E-state index in [0.717, 1.165) is 19.3 Å². The smallest absolute Gasteiger partial charge is 0.341 e. The topological polar surface area (TPSA) is 102 Å². The Morgan fingerprint density at radius 1 is 1.21 bits per heavy atom. The SMILES string of the molecule is C[C@@H]1CCC[C@@H](C)N1C(=O)COC(=O)c1cc([N+](=O)[O-])ccc1N1CCOCC1. The van der Waals surface area contributed by atoms with Gasteiger partial charge < -0.3 is 19.3 Å². The number of piperidine rings is 1. The molecule has 0 aliphatic carbocycles. The van der Waals surface area contributed by atoms with Crippen molar-refractivity contribution in [3.8, 4) is 0 Å². The lowest BCUT2D eigenvalue weighted by atomic mass is 9.97. The Morgan fingerprint density at radius 2 is 1.86 bits per heavy atom. The van der Waals surface area contributed by atoms with Crippen LogP contribution in [-0.4, -0.2) is 66.7 Å². The van der Waals surface area contributed by atoms with Gasteiger partial charge >= 0.3 is 5.97 Å². The van der Waals surface area contributed by atoms with Gasteiger partial charge in [-0.05, 0) is 39.2 Å². The van der Waals surface area contributed by atoms with Crippen molar-refractivity contribution >= 4 is 23.3 Å². The molecule has 0 bridgehead atoms. The van der Waals surface area contributed by atoms with Gasteiger partial charge in [-0.3, -0.25) is 14.9 Å². The fourth-order valence-electron chi connectivity index (χ4n) is 4.07. The number of amides is 1. The molecule has 29 heavy (non-hydrogen) atoms. The number of non-ortho nitro benzene ring substituents is 1. The number of nitrogens with zero attached hydrogens (tertiary/aromatic N) is 3. The summed E-state index contributed by atoms with van der Waals surface area (Å²) in [5.74, 6) is -0.975. The molecule has 2 saturated heterocycles. The third-order valence-electron chi connectivity index (χ3n) is 5.57. The number of anilines is 1. The van der Waals surface area contributed by atoms with Gasteiger partial charge in [0.15, 0.2) is 6.61 Å². The average molecular weight is 405 g/mol. The molecule has 0 spiro atoms. The van der Waals surface area contributed by atoms with E-state index >= 15 is 0 Å². The number of benzene rings is 1. The molecule has 0 saturated carbocycles. The predicted octanol–water partition coefficient (Wildman–Crippen LogP) is 2.38.